The van der Waals surface area contributed by atoms with Gasteiger partial charge in [0.15, 0.2) is 0 Å². The van der Waals surface area contributed by atoms with Crippen LogP contribution in [0.4, 0.5) is 5.69 Å². The maximum atomic E-state index is 10.7. The summed E-state index contributed by atoms with van der Waals surface area (Å²) in [5, 5.41) is 28.8. The van der Waals surface area contributed by atoms with Crippen LogP contribution in [0.25, 0.3) is 0 Å². The van der Waals surface area contributed by atoms with Gasteiger partial charge in [0.05, 0.1) is 36.2 Å². The smallest absolute Gasteiger partial charge is 0.250 e. The third-order valence-electron chi connectivity index (χ3n) is 6.16. The SMILES string of the molecule is CCc1cncc(C(N)=O)c1.N#Cc1cc(OCCO)ccc1N1CCN(CO)C[C@H]1c1ccc(Cl)cc1. The molecule has 1 atom stereocenters. The van der Waals surface area contributed by atoms with Gasteiger partial charge >= 0.3 is 0 Å². The number of aromatic nitrogens is 1. The number of aliphatic hydroxyl groups excluding tert-OH is 2. The van der Waals surface area contributed by atoms with E-state index < -0.39 is 5.91 Å². The van der Waals surface area contributed by atoms with Crippen molar-refractivity contribution < 1.29 is 19.7 Å². The van der Waals surface area contributed by atoms with Crippen molar-refractivity contribution in [2.75, 3.05) is 44.5 Å². The van der Waals surface area contributed by atoms with Crippen molar-refractivity contribution >= 4 is 23.2 Å². The topological polar surface area (TPSA) is 136 Å². The van der Waals surface area contributed by atoms with Crippen LogP contribution >= 0.6 is 11.6 Å². The van der Waals surface area contributed by atoms with Gasteiger partial charge in [-0.25, -0.2) is 0 Å². The number of amides is 1. The number of nitriles is 1. The molecular weight excluding hydrogens is 506 g/mol. The second-order valence-electron chi connectivity index (χ2n) is 8.64. The molecule has 10 heteroatoms. The van der Waals surface area contributed by atoms with E-state index >= 15 is 0 Å². The van der Waals surface area contributed by atoms with Crippen LogP contribution in [0.2, 0.25) is 5.02 Å². The fourth-order valence-electron chi connectivity index (χ4n) is 4.15. The van der Waals surface area contributed by atoms with Crippen LogP contribution in [0, 0.1) is 11.3 Å². The Bertz CT molecular complexity index is 1250. The zero-order chi connectivity index (χ0) is 27.5. The Hall–Kier alpha value is -3.68. The molecule has 200 valence electrons. The molecule has 0 radical (unpaired) electrons. The standard InChI is InChI=1S/C20H22ClN3O3.C8H10N2O/c21-17-3-1-15(2-4-17)20-13-23(14-26)7-8-24(20)19-6-5-18(27-10-9-25)11-16(19)12-22;1-2-6-3-7(8(9)11)5-10-4-6/h1-6,11,20,25-26H,7-10,13-14H2;3-5H,2H2,1H3,(H2,9,11)/t20-;/m0./s1. The van der Waals surface area contributed by atoms with Crippen molar-refractivity contribution in [2.24, 2.45) is 5.73 Å². The Balaban J connectivity index is 0.000000304. The number of pyridine rings is 1. The first kappa shape index (κ1) is 28.9. The molecular formula is C28H32ClN5O4. The van der Waals surface area contributed by atoms with Crippen molar-refractivity contribution in [2.45, 2.75) is 19.4 Å². The van der Waals surface area contributed by atoms with E-state index in [4.69, 9.17) is 27.2 Å². The van der Waals surface area contributed by atoms with Gasteiger partial charge in [-0.3, -0.25) is 14.7 Å². The van der Waals surface area contributed by atoms with Crippen LogP contribution in [0.15, 0.2) is 60.9 Å². The summed E-state index contributed by atoms with van der Waals surface area (Å²) in [6.45, 7) is 4.14. The van der Waals surface area contributed by atoms with Crippen molar-refractivity contribution in [1.29, 1.82) is 5.26 Å². The van der Waals surface area contributed by atoms with E-state index in [0.29, 0.717) is 41.5 Å². The van der Waals surface area contributed by atoms with Gasteiger partial charge in [0.25, 0.3) is 0 Å². The van der Waals surface area contributed by atoms with Gasteiger partial charge in [-0.05, 0) is 53.9 Å². The van der Waals surface area contributed by atoms with E-state index in [2.05, 4.69) is 16.0 Å². The number of aryl methyl sites for hydroxylation is 1. The van der Waals surface area contributed by atoms with Gasteiger partial charge in [0.2, 0.25) is 5.91 Å². The summed E-state index contributed by atoms with van der Waals surface area (Å²) in [6, 6.07) is 17.0. The van der Waals surface area contributed by atoms with E-state index in [1.165, 1.54) is 6.20 Å². The maximum Gasteiger partial charge on any atom is 0.250 e. The predicted molar refractivity (Wildman–Crippen MR) is 146 cm³/mol. The fraction of sp³-hybridized carbons (Fsp3) is 0.321. The first-order valence-corrected chi connectivity index (χ1v) is 12.6. The number of halogens is 1. The van der Waals surface area contributed by atoms with Crippen molar-refractivity contribution in [3.8, 4) is 11.8 Å². The monoisotopic (exact) mass is 537 g/mol. The zero-order valence-electron chi connectivity index (χ0n) is 21.3. The summed E-state index contributed by atoms with van der Waals surface area (Å²) < 4.78 is 5.42. The number of ether oxygens (including phenoxy) is 1. The largest absolute Gasteiger partial charge is 0.491 e. The molecule has 4 N–H and O–H groups in total. The number of aliphatic hydroxyl groups is 2. The predicted octanol–water partition coefficient (Wildman–Crippen LogP) is 3.14. The highest BCUT2D eigenvalue weighted by Gasteiger charge is 2.29. The van der Waals surface area contributed by atoms with Crippen molar-refractivity contribution in [3.05, 3.63) is 88.2 Å². The number of rotatable bonds is 8. The summed E-state index contributed by atoms with van der Waals surface area (Å²) >= 11 is 6.03. The average Bonchev–Trinajstić information content (AvgIpc) is 2.96. The van der Waals surface area contributed by atoms with Gasteiger partial charge in [-0.15, -0.1) is 0 Å². The number of nitrogens with two attached hydrogens (primary N) is 1. The quantitative estimate of drug-likeness (QED) is 0.399. The molecule has 9 nitrogen and oxygen atoms in total. The summed E-state index contributed by atoms with van der Waals surface area (Å²) in [5.41, 5.74) is 8.98. The zero-order valence-corrected chi connectivity index (χ0v) is 22.0. The Kier molecular flexibility index (Phi) is 10.9. The number of carbonyl (C=O) groups is 1. The molecule has 38 heavy (non-hydrogen) atoms. The molecule has 0 unspecified atom stereocenters. The highest BCUT2D eigenvalue weighted by atomic mass is 35.5. The lowest BCUT2D eigenvalue weighted by Gasteiger charge is -2.42. The number of carbonyl (C=O) groups excluding carboxylic acids is 1. The van der Waals surface area contributed by atoms with E-state index in [1.807, 2.05) is 48.2 Å². The van der Waals surface area contributed by atoms with Crippen LogP contribution in [0.1, 0.15) is 40.0 Å². The van der Waals surface area contributed by atoms with Crippen molar-refractivity contribution in [1.82, 2.24) is 9.88 Å². The van der Waals surface area contributed by atoms with Crippen LogP contribution < -0.4 is 15.4 Å². The Morgan fingerprint density at radius 1 is 1.18 bits per heavy atom. The molecule has 0 aliphatic carbocycles. The van der Waals surface area contributed by atoms with Crippen LogP contribution in [-0.2, 0) is 6.42 Å². The molecule has 3 aromatic rings. The van der Waals surface area contributed by atoms with Gasteiger partial charge in [-0.2, -0.15) is 5.26 Å². The molecule has 1 fully saturated rings. The number of primary amides is 1. The van der Waals surface area contributed by atoms with Gasteiger partial charge in [0.1, 0.15) is 18.4 Å². The van der Waals surface area contributed by atoms with Crippen molar-refractivity contribution in [3.63, 3.8) is 0 Å². The Labute approximate surface area is 227 Å². The molecule has 0 bridgehead atoms. The number of piperazine rings is 1. The van der Waals surface area contributed by atoms with E-state index in [9.17, 15) is 15.2 Å². The molecule has 0 saturated carbocycles. The number of hydrogen-bond donors (Lipinski definition) is 3. The van der Waals surface area contributed by atoms with Crippen LogP contribution in [0.5, 0.6) is 5.75 Å². The highest BCUT2D eigenvalue weighted by molar-refractivity contribution is 6.30. The average molecular weight is 538 g/mol. The lowest BCUT2D eigenvalue weighted by Crippen LogP contribution is -2.49. The third-order valence-corrected chi connectivity index (χ3v) is 6.42. The second kappa shape index (κ2) is 14.3. The second-order valence-corrected chi connectivity index (χ2v) is 9.08. The van der Waals surface area contributed by atoms with E-state index in [-0.39, 0.29) is 26.0 Å². The number of anilines is 1. The highest BCUT2D eigenvalue weighted by Crippen LogP contribution is 2.34. The minimum atomic E-state index is -0.423. The molecule has 0 spiro atoms. The maximum absolute atomic E-state index is 10.7. The minimum absolute atomic E-state index is 0.00300. The summed E-state index contributed by atoms with van der Waals surface area (Å²) in [7, 11) is 0. The fourth-order valence-corrected chi connectivity index (χ4v) is 4.28. The number of nitrogens with zero attached hydrogens (tertiary/aromatic N) is 4. The Morgan fingerprint density at radius 3 is 2.58 bits per heavy atom. The van der Waals surface area contributed by atoms with Crippen LogP contribution in [0.3, 0.4) is 0 Å². The van der Waals surface area contributed by atoms with Gasteiger partial charge < -0.3 is 25.6 Å². The summed E-state index contributed by atoms with van der Waals surface area (Å²) in [6.07, 6.45) is 4.07. The first-order chi connectivity index (χ1) is 18.4. The summed E-state index contributed by atoms with van der Waals surface area (Å²) in [5.74, 6) is 0.134. The molecule has 1 saturated heterocycles. The Morgan fingerprint density at radius 2 is 1.95 bits per heavy atom. The number of benzene rings is 2. The molecule has 1 aliphatic heterocycles. The lowest BCUT2D eigenvalue weighted by molar-refractivity contribution is 0.0882. The normalized spacial score (nSPS) is 15.2. The van der Waals surface area contributed by atoms with E-state index in [1.54, 1.807) is 18.3 Å². The molecule has 1 aliphatic rings. The molecule has 4 rings (SSSR count). The van der Waals surface area contributed by atoms with Crippen LogP contribution in [-0.4, -0.2) is 65.6 Å². The van der Waals surface area contributed by atoms with Gasteiger partial charge in [-0.1, -0.05) is 30.7 Å². The van der Waals surface area contributed by atoms with Gasteiger partial charge in [0, 0.05) is 37.1 Å². The number of hydrogen-bond acceptors (Lipinski definition) is 8. The van der Waals surface area contributed by atoms with E-state index in [0.717, 1.165) is 23.2 Å². The molecule has 2 aromatic carbocycles. The molecule has 1 amide bonds. The molecule has 2 heterocycles. The lowest BCUT2D eigenvalue weighted by atomic mass is 10.00. The minimum Gasteiger partial charge on any atom is -0.491 e. The molecule has 1 aromatic heterocycles. The first-order valence-electron chi connectivity index (χ1n) is 12.3. The summed E-state index contributed by atoms with van der Waals surface area (Å²) in [4.78, 5) is 18.7. The third kappa shape index (κ3) is 7.66.